The normalized spacial score (nSPS) is 10.5. The highest BCUT2D eigenvalue weighted by molar-refractivity contribution is 5.72. The first-order valence-electron chi connectivity index (χ1n) is 5.99. The van der Waals surface area contributed by atoms with Crippen LogP contribution >= 0.6 is 0 Å². The fourth-order valence-corrected chi connectivity index (χ4v) is 1.50. The van der Waals surface area contributed by atoms with Crippen LogP contribution in [0, 0.1) is 5.92 Å². The van der Waals surface area contributed by atoms with Crippen molar-refractivity contribution in [2.24, 2.45) is 5.92 Å². The average molecular weight is 252 g/mol. The zero-order valence-corrected chi connectivity index (χ0v) is 11.1. The largest absolute Gasteiger partial charge is 0.493 e. The van der Waals surface area contributed by atoms with Gasteiger partial charge in [0.15, 0.2) is 0 Å². The van der Waals surface area contributed by atoms with Crippen molar-refractivity contribution in [1.29, 1.82) is 0 Å². The first-order chi connectivity index (χ1) is 8.56. The molecule has 1 aromatic carbocycles. The molecule has 0 aliphatic rings. The molecule has 4 heteroatoms. The summed E-state index contributed by atoms with van der Waals surface area (Å²) < 4.78 is 10.2. The van der Waals surface area contributed by atoms with Gasteiger partial charge in [-0.25, -0.2) is 0 Å². The highest BCUT2D eigenvalue weighted by Crippen LogP contribution is 2.21. The van der Waals surface area contributed by atoms with Crippen LogP contribution in [0.2, 0.25) is 0 Å². The molecule has 1 N–H and O–H groups in total. The van der Waals surface area contributed by atoms with Crippen LogP contribution in [0.1, 0.15) is 25.0 Å². The summed E-state index contributed by atoms with van der Waals surface area (Å²) in [6.45, 7) is 4.61. The van der Waals surface area contributed by atoms with Crippen LogP contribution in [-0.4, -0.2) is 24.8 Å². The first kappa shape index (κ1) is 14.5. The molecule has 0 fully saturated rings. The molecule has 0 amide bonds. The summed E-state index contributed by atoms with van der Waals surface area (Å²) >= 11 is 0. The minimum Gasteiger partial charge on any atom is -0.493 e. The Morgan fingerprint density at radius 3 is 2.67 bits per heavy atom. The number of esters is 1. The molecule has 0 radical (unpaired) electrons. The maximum Gasteiger partial charge on any atom is 0.309 e. The summed E-state index contributed by atoms with van der Waals surface area (Å²) in [5, 5.41) is 9.30. The monoisotopic (exact) mass is 252 g/mol. The summed E-state index contributed by atoms with van der Waals surface area (Å²) in [6, 6.07) is 5.37. The molecule has 0 aliphatic carbocycles. The first-order valence-corrected chi connectivity index (χ1v) is 5.99. The van der Waals surface area contributed by atoms with Crippen molar-refractivity contribution in [2.45, 2.75) is 26.9 Å². The van der Waals surface area contributed by atoms with E-state index in [0.717, 1.165) is 5.56 Å². The van der Waals surface area contributed by atoms with Gasteiger partial charge in [0.1, 0.15) is 5.75 Å². The zero-order valence-electron chi connectivity index (χ0n) is 11.1. The molecule has 0 unspecified atom stereocenters. The Balaban J connectivity index is 2.79. The van der Waals surface area contributed by atoms with Crippen molar-refractivity contribution in [2.75, 3.05) is 13.7 Å². The Hall–Kier alpha value is -1.55. The second-order valence-corrected chi connectivity index (χ2v) is 4.56. The third kappa shape index (κ3) is 4.37. The smallest absolute Gasteiger partial charge is 0.309 e. The summed E-state index contributed by atoms with van der Waals surface area (Å²) in [4.78, 5) is 11.2. The van der Waals surface area contributed by atoms with E-state index in [1.54, 1.807) is 12.1 Å². The Labute approximate surface area is 108 Å². The van der Waals surface area contributed by atoms with Crippen LogP contribution in [0.25, 0.3) is 0 Å². The molecule has 18 heavy (non-hydrogen) atoms. The number of carbonyl (C=O) groups is 1. The number of aliphatic hydroxyl groups excluding tert-OH is 1. The van der Waals surface area contributed by atoms with E-state index in [4.69, 9.17) is 4.74 Å². The lowest BCUT2D eigenvalue weighted by molar-refractivity contribution is -0.139. The van der Waals surface area contributed by atoms with Gasteiger partial charge in [0, 0.05) is 5.56 Å². The second-order valence-electron chi connectivity index (χ2n) is 4.56. The Morgan fingerprint density at radius 2 is 2.11 bits per heavy atom. The number of methoxy groups -OCH3 is 1. The molecular formula is C14H20O4. The summed E-state index contributed by atoms with van der Waals surface area (Å²) in [5.74, 6) is 0.792. The van der Waals surface area contributed by atoms with Crippen molar-refractivity contribution >= 4 is 5.97 Å². The standard InChI is InChI=1S/C14H20O4/c1-10(2)9-18-13-5-4-11(6-12(13)8-15)7-14(16)17-3/h4-6,10,15H,7-9H2,1-3H3. The van der Waals surface area contributed by atoms with E-state index in [2.05, 4.69) is 18.6 Å². The molecule has 1 aromatic rings. The molecule has 0 saturated carbocycles. The van der Waals surface area contributed by atoms with Gasteiger partial charge in [0.2, 0.25) is 0 Å². The third-order valence-electron chi connectivity index (χ3n) is 2.44. The number of rotatable bonds is 6. The van der Waals surface area contributed by atoms with Gasteiger partial charge in [-0.15, -0.1) is 0 Å². The minimum atomic E-state index is -0.297. The van der Waals surface area contributed by atoms with Crippen LogP contribution < -0.4 is 4.74 Å². The maximum absolute atomic E-state index is 11.2. The lowest BCUT2D eigenvalue weighted by atomic mass is 10.1. The van der Waals surface area contributed by atoms with Crippen molar-refractivity contribution in [3.05, 3.63) is 29.3 Å². The Morgan fingerprint density at radius 1 is 1.39 bits per heavy atom. The van der Waals surface area contributed by atoms with E-state index in [1.165, 1.54) is 7.11 Å². The molecule has 0 aromatic heterocycles. The van der Waals surface area contributed by atoms with Crippen molar-refractivity contribution < 1.29 is 19.4 Å². The predicted octanol–water partition coefficient (Wildman–Crippen LogP) is 1.93. The predicted molar refractivity (Wildman–Crippen MR) is 68.4 cm³/mol. The second kappa shape index (κ2) is 7.01. The van der Waals surface area contributed by atoms with Crippen LogP contribution in [0.4, 0.5) is 0 Å². The van der Waals surface area contributed by atoms with Crippen molar-refractivity contribution in [1.82, 2.24) is 0 Å². The summed E-state index contributed by atoms with van der Waals surface area (Å²) in [7, 11) is 1.36. The van der Waals surface area contributed by atoms with Gasteiger partial charge in [-0.2, -0.15) is 0 Å². The number of ether oxygens (including phenoxy) is 2. The Bertz CT molecular complexity index is 399. The maximum atomic E-state index is 11.2. The van der Waals surface area contributed by atoms with Gasteiger partial charge in [-0.1, -0.05) is 19.9 Å². The fourth-order valence-electron chi connectivity index (χ4n) is 1.50. The number of carbonyl (C=O) groups excluding carboxylic acids is 1. The molecule has 0 saturated heterocycles. The van der Waals surface area contributed by atoms with E-state index in [9.17, 15) is 9.90 Å². The minimum absolute atomic E-state index is 0.109. The number of aliphatic hydroxyl groups is 1. The van der Waals surface area contributed by atoms with Gasteiger partial charge >= 0.3 is 5.97 Å². The van der Waals surface area contributed by atoms with Gasteiger partial charge in [-0.3, -0.25) is 4.79 Å². The summed E-state index contributed by atoms with van der Waals surface area (Å²) in [5.41, 5.74) is 1.50. The zero-order chi connectivity index (χ0) is 13.5. The fraction of sp³-hybridized carbons (Fsp3) is 0.500. The van der Waals surface area contributed by atoms with E-state index >= 15 is 0 Å². The molecule has 4 nitrogen and oxygen atoms in total. The van der Waals surface area contributed by atoms with E-state index < -0.39 is 0 Å². The van der Waals surface area contributed by atoms with Gasteiger partial charge in [0.05, 0.1) is 26.7 Å². The molecule has 100 valence electrons. The van der Waals surface area contributed by atoms with Gasteiger partial charge < -0.3 is 14.6 Å². The topological polar surface area (TPSA) is 55.8 Å². The molecule has 1 rings (SSSR count). The quantitative estimate of drug-likeness (QED) is 0.786. The van der Waals surface area contributed by atoms with E-state index in [0.29, 0.717) is 23.8 Å². The molecule has 0 spiro atoms. The Kier molecular flexibility index (Phi) is 5.65. The van der Waals surface area contributed by atoms with Crippen LogP contribution in [-0.2, 0) is 22.6 Å². The van der Waals surface area contributed by atoms with Crippen LogP contribution in [0.3, 0.4) is 0 Å². The van der Waals surface area contributed by atoms with Crippen molar-refractivity contribution in [3.8, 4) is 5.75 Å². The molecule has 0 aliphatic heterocycles. The molecule has 0 atom stereocenters. The van der Waals surface area contributed by atoms with Gasteiger partial charge in [-0.05, 0) is 23.6 Å². The van der Waals surface area contributed by atoms with E-state index in [-0.39, 0.29) is 19.0 Å². The number of hydrogen-bond donors (Lipinski definition) is 1. The average Bonchev–Trinajstić information content (AvgIpc) is 2.36. The number of hydrogen-bond acceptors (Lipinski definition) is 4. The molecular weight excluding hydrogens is 232 g/mol. The lowest BCUT2D eigenvalue weighted by Crippen LogP contribution is -2.08. The molecule has 0 heterocycles. The molecule has 0 bridgehead atoms. The van der Waals surface area contributed by atoms with E-state index in [1.807, 2.05) is 6.07 Å². The van der Waals surface area contributed by atoms with Crippen molar-refractivity contribution in [3.63, 3.8) is 0 Å². The number of benzene rings is 1. The lowest BCUT2D eigenvalue weighted by Gasteiger charge is -2.13. The highest BCUT2D eigenvalue weighted by atomic mass is 16.5. The highest BCUT2D eigenvalue weighted by Gasteiger charge is 2.08. The summed E-state index contributed by atoms with van der Waals surface area (Å²) in [6.07, 6.45) is 0.202. The third-order valence-corrected chi connectivity index (χ3v) is 2.44. The van der Waals surface area contributed by atoms with Gasteiger partial charge in [0.25, 0.3) is 0 Å². The SMILES string of the molecule is COC(=O)Cc1ccc(OCC(C)C)c(CO)c1. The van der Waals surface area contributed by atoms with Crippen LogP contribution in [0.5, 0.6) is 5.75 Å². The van der Waals surface area contributed by atoms with Crippen LogP contribution in [0.15, 0.2) is 18.2 Å².